The third-order valence-corrected chi connectivity index (χ3v) is 3.53. The van der Waals surface area contributed by atoms with Crippen LogP contribution >= 0.6 is 0 Å². The molecule has 0 atom stereocenters. The number of fused-ring (bicyclic) bond motifs is 2. The lowest BCUT2D eigenvalue weighted by atomic mass is 9.81. The summed E-state index contributed by atoms with van der Waals surface area (Å²) in [5.74, 6) is -0.849. The highest BCUT2D eigenvalue weighted by atomic mass is 16.6. The zero-order chi connectivity index (χ0) is 15.1. The van der Waals surface area contributed by atoms with Crippen LogP contribution in [-0.4, -0.2) is 21.6 Å². The molecule has 104 valence electrons. The van der Waals surface area contributed by atoms with Gasteiger partial charge in [-0.2, -0.15) is 0 Å². The monoisotopic (exact) mass is 283 g/mol. The second-order valence-corrected chi connectivity index (χ2v) is 4.60. The zero-order valence-electron chi connectivity index (χ0n) is 10.7. The quantitative estimate of drug-likeness (QED) is 0.572. The van der Waals surface area contributed by atoms with Gasteiger partial charge in [0.25, 0.3) is 5.69 Å². The van der Waals surface area contributed by atoms with E-state index in [1.165, 1.54) is 12.1 Å². The number of aliphatic hydroxyl groups is 1. The van der Waals surface area contributed by atoms with E-state index in [1.54, 1.807) is 18.2 Å². The molecule has 0 unspecified atom stereocenters. The van der Waals surface area contributed by atoms with Crippen molar-refractivity contribution in [3.63, 3.8) is 0 Å². The van der Waals surface area contributed by atoms with Gasteiger partial charge >= 0.3 is 0 Å². The summed E-state index contributed by atoms with van der Waals surface area (Å²) in [6, 6.07) is 8.71. The Bertz CT molecular complexity index is 810. The SMILES string of the molecule is O=C1c2ccccc2C(=O)c2c1ccc([N+](=O)[O-])c2CO. The number of carbonyl (C=O) groups is 2. The molecule has 0 saturated heterocycles. The van der Waals surface area contributed by atoms with Crippen LogP contribution in [0.5, 0.6) is 0 Å². The number of aliphatic hydroxyl groups excluding tert-OH is 1. The van der Waals surface area contributed by atoms with Crippen LogP contribution in [0.2, 0.25) is 0 Å². The lowest BCUT2D eigenvalue weighted by molar-refractivity contribution is -0.385. The summed E-state index contributed by atoms with van der Waals surface area (Å²) in [6.45, 7) is -0.680. The van der Waals surface area contributed by atoms with E-state index < -0.39 is 17.3 Å². The van der Waals surface area contributed by atoms with E-state index in [0.717, 1.165) is 6.07 Å². The molecule has 2 aromatic rings. The molecule has 1 aliphatic carbocycles. The number of ketones is 2. The van der Waals surface area contributed by atoms with Crippen LogP contribution in [0, 0.1) is 10.1 Å². The van der Waals surface area contributed by atoms with E-state index in [0.29, 0.717) is 0 Å². The van der Waals surface area contributed by atoms with E-state index in [2.05, 4.69) is 0 Å². The minimum absolute atomic E-state index is 0.0737. The first-order chi connectivity index (χ1) is 10.1. The lowest BCUT2D eigenvalue weighted by Crippen LogP contribution is -2.23. The second-order valence-electron chi connectivity index (χ2n) is 4.60. The topological polar surface area (TPSA) is 97.5 Å². The molecule has 21 heavy (non-hydrogen) atoms. The predicted molar refractivity (Wildman–Crippen MR) is 72.3 cm³/mol. The number of nitro groups is 1. The van der Waals surface area contributed by atoms with E-state index in [-0.39, 0.29) is 39.3 Å². The summed E-state index contributed by atoms with van der Waals surface area (Å²) in [5.41, 5.74) is 0.00354. The molecule has 0 aromatic heterocycles. The largest absolute Gasteiger partial charge is 0.391 e. The van der Waals surface area contributed by atoms with Crippen molar-refractivity contribution in [3.05, 3.63) is 74.3 Å². The molecule has 0 radical (unpaired) electrons. The number of hydrogen-bond donors (Lipinski definition) is 1. The fourth-order valence-corrected chi connectivity index (χ4v) is 2.58. The van der Waals surface area contributed by atoms with Gasteiger partial charge in [-0.1, -0.05) is 24.3 Å². The molecule has 0 amide bonds. The Morgan fingerprint density at radius 2 is 1.57 bits per heavy atom. The molecular formula is C15H9NO5. The minimum Gasteiger partial charge on any atom is -0.391 e. The standard InChI is InChI=1S/C15H9NO5/c17-7-11-12(16(20)21)6-5-10-13(11)15(19)9-4-2-1-3-8(9)14(10)18/h1-6,17H,7H2. The number of carbonyl (C=O) groups excluding carboxylic acids is 2. The van der Waals surface area contributed by atoms with Crippen LogP contribution in [0.4, 0.5) is 5.69 Å². The highest BCUT2D eigenvalue weighted by molar-refractivity contribution is 6.29. The van der Waals surface area contributed by atoms with Gasteiger partial charge < -0.3 is 5.11 Å². The smallest absolute Gasteiger partial charge is 0.275 e. The maximum Gasteiger partial charge on any atom is 0.275 e. The number of hydrogen-bond acceptors (Lipinski definition) is 5. The number of nitro benzene ring substituents is 1. The number of nitrogens with zero attached hydrogens (tertiary/aromatic N) is 1. The van der Waals surface area contributed by atoms with E-state index >= 15 is 0 Å². The highest BCUT2D eigenvalue weighted by Gasteiger charge is 2.34. The molecule has 0 fully saturated rings. The summed E-state index contributed by atoms with van der Waals surface area (Å²) in [7, 11) is 0. The minimum atomic E-state index is -0.680. The second kappa shape index (κ2) is 4.60. The van der Waals surface area contributed by atoms with Crippen LogP contribution in [0.1, 0.15) is 37.4 Å². The number of benzene rings is 2. The molecule has 0 bridgehead atoms. The maximum absolute atomic E-state index is 12.5. The molecule has 0 spiro atoms. The van der Waals surface area contributed by atoms with Crippen LogP contribution in [0.15, 0.2) is 36.4 Å². The Morgan fingerprint density at radius 3 is 2.14 bits per heavy atom. The fraction of sp³-hybridized carbons (Fsp3) is 0.0667. The molecule has 0 heterocycles. The van der Waals surface area contributed by atoms with Crippen molar-refractivity contribution in [1.29, 1.82) is 0 Å². The normalized spacial score (nSPS) is 12.8. The van der Waals surface area contributed by atoms with Crippen LogP contribution in [0.3, 0.4) is 0 Å². The first-order valence-corrected chi connectivity index (χ1v) is 6.15. The average molecular weight is 283 g/mol. The highest BCUT2D eigenvalue weighted by Crippen LogP contribution is 2.33. The van der Waals surface area contributed by atoms with E-state index in [4.69, 9.17) is 0 Å². The van der Waals surface area contributed by atoms with Gasteiger partial charge in [0.1, 0.15) is 0 Å². The Kier molecular flexibility index (Phi) is 2.88. The predicted octanol–water partition coefficient (Wildman–Crippen LogP) is 1.86. The molecule has 6 heteroatoms. The van der Waals surface area contributed by atoms with Gasteiger partial charge in [-0.25, -0.2) is 0 Å². The Morgan fingerprint density at radius 1 is 0.952 bits per heavy atom. The van der Waals surface area contributed by atoms with Crippen molar-refractivity contribution >= 4 is 17.3 Å². The first-order valence-electron chi connectivity index (χ1n) is 6.15. The summed E-state index contributed by atoms with van der Waals surface area (Å²) >= 11 is 0. The molecule has 1 aliphatic rings. The maximum atomic E-state index is 12.5. The average Bonchev–Trinajstić information content (AvgIpc) is 2.51. The van der Waals surface area contributed by atoms with Crippen LogP contribution < -0.4 is 0 Å². The Balaban J connectivity index is 2.35. The summed E-state index contributed by atoms with van der Waals surface area (Å²) in [5, 5.41) is 20.4. The third kappa shape index (κ3) is 1.77. The summed E-state index contributed by atoms with van der Waals surface area (Å²) in [6.07, 6.45) is 0. The Labute approximate surface area is 118 Å². The zero-order valence-corrected chi connectivity index (χ0v) is 10.7. The molecule has 2 aromatic carbocycles. The molecule has 1 N–H and O–H groups in total. The van der Waals surface area contributed by atoms with Crippen molar-refractivity contribution in [2.24, 2.45) is 0 Å². The molecule has 0 saturated carbocycles. The molecule has 0 aliphatic heterocycles. The van der Waals surface area contributed by atoms with Gasteiger partial charge in [0, 0.05) is 28.3 Å². The third-order valence-electron chi connectivity index (χ3n) is 3.53. The molecular weight excluding hydrogens is 274 g/mol. The van der Waals surface area contributed by atoms with E-state index in [9.17, 15) is 24.8 Å². The summed E-state index contributed by atoms with van der Waals surface area (Å²) < 4.78 is 0. The van der Waals surface area contributed by atoms with Crippen molar-refractivity contribution in [2.45, 2.75) is 6.61 Å². The number of rotatable bonds is 2. The van der Waals surface area contributed by atoms with Crippen molar-refractivity contribution < 1.29 is 19.6 Å². The van der Waals surface area contributed by atoms with Crippen molar-refractivity contribution in [1.82, 2.24) is 0 Å². The van der Waals surface area contributed by atoms with Gasteiger partial charge in [0.2, 0.25) is 0 Å². The molecule has 6 nitrogen and oxygen atoms in total. The van der Waals surface area contributed by atoms with Crippen molar-refractivity contribution in [3.8, 4) is 0 Å². The lowest BCUT2D eigenvalue weighted by Gasteiger charge is -2.19. The van der Waals surface area contributed by atoms with Gasteiger partial charge in [0.15, 0.2) is 11.6 Å². The van der Waals surface area contributed by atoms with Gasteiger partial charge in [-0.3, -0.25) is 19.7 Å². The van der Waals surface area contributed by atoms with E-state index in [1.807, 2.05) is 0 Å². The van der Waals surface area contributed by atoms with Crippen LogP contribution in [0.25, 0.3) is 0 Å². The van der Waals surface area contributed by atoms with Gasteiger partial charge in [-0.15, -0.1) is 0 Å². The first kappa shape index (κ1) is 13.1. The summed E-state index contributed by atoms with van der Waals surface area (Å²) in [4.78, 5) is 35.2. The Hall–Kier alpha value is -2.86. The fourth-order valence-electron chi connectivity index (χ4n) is 2.58. The molecule has 3 rings (SSSR count). The van der Waals surface area contributed by atoms with Gasteiger partial charge in [0.05, 0.1) is 17.1 Å². The van der Waals surface area contributed by atoms with Crippen molar-refractivity contribution in [2.75, 3.05) is 0 Å². The van der Waals surface area contributed by atoms with Gasteiger partial charge in [-0.05, 0) is 6.07 Å². The van der Waals surface area contributed by atoms with Crippen LogP contribution in [-0.2, 0) is 6.61 Å².